The van der Waals surface area contributed by atoms with Crippen LogP contribution in [0.3, 0.4) is 0 Å². The largest absolute Gasteiger partial charge is 0.507 e. The highest BCUT2D eigenvalue weighted by Gasteiger charge is 2.46. The van der Waals surface area contributed by atoms with Gasteiger partial charge < -0.3 is 29.3 Å². The molecule has 0 radical (unpaired) electrons. The van der Waals surface area contributed by atoms with Gasteiger partial charge in [-0.05, 0) is 48.4 Å². The maximum atomic E-state index is 13.3. The monoisotopic (exact) mass is 487 g/mol. The fourth-order valence-corrected chi connectivity index (χ4v) is 4.49. The van der Waals surface area contributed by atoms with Crippen LogP contribution < -0.4 is 14.2 Å². The van der Waals surface area contributed by atoms with Gasteiger partial charge in [-0.1, -0.05) is 36.4 Å². The summed E-state index contributed by atoms with van der Waals surface area (Å²) < 4.78 is 16.7. The minimum absolute atomic E-state index is 0.0549. The van der Waals surface area contributed by atoms with Crippen LogP contribution in [0.5, 0.6) is 23.0 Å². The van der Waals surface area contributed by atoms with E-state index < -0.39 is 17.7 Å². The van der Waals surface area contributed by atoms with Crippen LogP contribution in [0, 0.1) is 0 Å². The molecule has 2 aliphatic heterocycles. The first-order chi connectivity index (χ1) is 17.5. The van der Waals surface area contributed by atoms with Crippen molar-refractivity contribution in [3.05, 3.63) is 89.0 Å². The summed E-state index contributed by atoms with van der Waals surface area (Å²) in [5.74, 6) is -0.699. The highest BCUT2D eigenvalue weighted by Crippen LogP contribution is 2.43. The minimum Gasteiger partial charge on any atom is -0.507 e. The molecule has 184 valence electrons. The second-order valence-corrected chi connectivity index (χ2v) is 8.43. The number of hydrogen-bond acceptors (Lipinski definition) is 7. The highest BCUT2D eigenvalue weighted by atomic mass is 16.6. The molecule has 1 atom stereocenters. The number of carbonyl (C=O) groups excluding carboxylic acids is 2. The Morgan fingerprint density at radius 3 is 2.50 bits per heavy atom. The third-order valence-corrected chi connectivity index (χ3v) is 6.15. The molecule has 2 N–H and O–H groups in total. The molecule has 2 heterocycles. The van der Waals surface area contributed by atoms with Crippen molar-refractivity contribution in [2.24, 2.45) is 0 Å². The first kappa shape index (κ1) is 23.3. The van der Waals surface area contributed by atoms with E-state index in [-0.39, 0.29) is 29.4 Å². The number of benzene rings is 3. The number of nitrogens with zero attached hydrogens (tertiary/aromatic N) is 1. The van der Waals surface area contributed by atoms with Gasteiger partial charge in [-0.2, -0.15) is 0 Å². The number of Topliss-reactive ketones (excluding diaryl/α,β-unsaturated/α-hetero) is 1. The van der Waals surface area contributed by atoms with Gasteiger partial charge in [-0.25, -0.2) is 0 Å². The standard InChI is InChI=1S/C28H25NO7/c1-2-34-22-14-18(8-10-20(22)30)25-24(26(31)19-9-11-21-23(15-19)36-13-12-35-21)27(32)28(33)29(25)16-17-6-4-3-5-7-17/h3-11,14-15,25,30-31H,2,12-13,16H2,1H3/t25-/m0/s1. The lowest BCUT2D eigenvalue weighted by Crippen LogP contribution is -2.29. The van der Waals surface area contributed by atoms with Crippen molar-refractivity contribution in [1.29, 1.82) is 0 Å². The number of hydrogen-bond donors (Lipinski definition) is 2. The number of aliphatic hydroxyl groups is 1. The lowest BCUT2D eigenvalue weighted by Gasteiger charge is -2.26. The van der Waals surface area contributed by atoms with Gasteiger partial charge in [-0.15, -0.1) is 0 Å². The van der Waals surface area contributed by atoms with Crippen LogP contribution in [-0.4, -0.2) is 46.6 Å². The van der Waals surface area contributed by atoms with Crippen molar-refractivity contribution in [3.8, 4) is 23.0 Å². The van der Waals surface area contributed by atoms with Gasteiger partial charge >= 0.3 is 0 Å². The Hall–Kier alpha value is -4.46. The summed E-state index contributed by atoms with van der Waals surface area (Å²) in [6.07, 6.45) is 0. The lowest BCUT2D eigenvalue weighted by atomic mass is 9.94. The maximum absolute atomic E-state index is 13.3. The average Bonchev–Trinajstić information content (AvgIpc) is 3.15. The Kier molecular flexibility index (Phi) is 6.25. The molecule has 0 spiro atoms. The molecule has 1 fully saturated rings. The fraction of sp³-hybridized carbons (Fsp3) is 0.214. The molecular weight excluding hydrogens is 462 g/mol. The molecule has 8 heteroatoms. The topological polar surface area (TPSA) is 106 Å². The van der Waals surface area contributed by atoms with Crippen LogP contribution in [0.4, 0.5) is 0 Å². The van der Waals surface area contributed by atoms with E-state index in [0.717, 1.165) is 5.56 Å². The summed E-state index contributed by atoms with van der Waals surface area (Å²) in [6, 6.07) is 17.9. The van der Waals surface area contributed by atoms with Crippen LogP contribution in [0.1, 0.15) is 29.7 Å². The Morgan fingerprint density at radius 2 is 1.75 bits per heavy atom. The zero-order valence-electron chi connectivity index (χ0n) is 19.6. The first-order valence-corrected chi connectivity index (χ1v) is 11.7. The number of carbonyl (C=O) groups is 2. The van der Waals surface area contributed by atoms with Gasteiger partial charge in [0.2, 0.25) is 0 Å². The van der Waals surface area contributed by atoms with Crippen molar-refractivity contribution >= 4 is 17.4 Å². The van der Waals surface area contributed by atoms with Gasteiger partial charge in [0.1, 0.15) is 19.0 Å². The van der Waals surface area contributed by atoms with Crippen LogP contribution in [0.2, 0.25) is 0 Å². The molecule has 3 aromatic carbocycles. The number of phenols is 1. The summed E-state index contributed by atoms with van der Waals surface area (Å²) in [5.41, 5.74) is 1.62. The molecule has 3 aromatic rings. The van der Waals surface area contributed by atoms with E-state index in [0.29, 0.717) is 42.4 Å². The minimum atomic E-state index is -0.904. The third-order valence-electron chi connectivity index (χ3n) is 6.15. The van der Waals surface area contributed by atoms with Crippen molar-refractivity contribution in [3.63, 3.8) is 0 Å². The normalized spacial score (nSPS) is 18.4. The second kappa shape index (κ2) is 9.65. The molecule has 5 rings (SSSR count). The molecule has 0 aromatic heterocycles. The van der Waals surface area contributed by atoms with E-state index in [1.165, 1.54) is 11.0 Å². The Morgan fingerprint density at radius 1 is 1.00 bits per heavy atom. The van der Waals surface area contributed by atoms with Crippen LogP contribution >= 0.6 is 0 Å². The van der Waals surface area contributed by atoms with Crippen LogP contribution in [0.25, 0.3) is 5.76 Å². The number of likely N-dealkylation sites (tertiary alicyclic amines) is 1. The predicted molar refractivity (Wildman–Crippen MR) is 131 cm³/mol. The quantitative estimate of drug-likeness (QED) is 0.305. The Labute approximate surface area is 208 Å². The summed E-state index contributed by atoms with van der Waals surface area (Å²) in [7, 11) is 0. The fourth-order valence-electron chi connectivity index (χ4n) is 4.49. The molecule has 1 amide bonds. The van der Waals surface area contributed by atoms with E-state index in [1.807, 2.05) is 30.3 Å². The molecule has 0 bridgehead atoms. The van der Waals surface area contributed by atoms with Crippen molar-refractivity contribution < 1.29 is 34.0 Å². The maximum Gasteiger partial charge on any atom is 0.295 e. The van der Waals surface area contributed by atoms with Crippen molar-refractivity contribution in [1.82, 2.24) is 4.90 Å². The second-order valence-electron chi connectivity index (χ2n) is 8.43. The van der Waals surface area contributed by atoms with E-state index in [1.54, 1.807) is 37.3 Å². The van der Waals surface area contributed by atoms with Gasteiger partial charge in [0, 0.05) is 12.1 Å². The molecule has 0 unspecified atom stereocenters. The number of ketones is 1. The van der Waals surface area contributed by atoms with Crippen molar-refractivity contribution in [2.75, 3.05) is 19.8 Å². The SMILES string of the molecule is CCOc1cc([C@H]2C(=C(O)c3ccc4c(c3)OCCO4)C(=O)C(=O)N2Cc2ccccc2)ccc1O. The summed E-state index contributed by atoms with van der Waals surface area (Å²) >= 11 is 0. The molecule has 36 heavy (non-hydrogen) atoms. The molecule has 1 saturated heterocycles. The number of fused-ring (bicyclic) bond motifs is 1. The summed E-state index contributed by atoms with van der Waals surface area (Å²) in [6.45, 7) is 3.05. The van der Waals surface area contributed by atoms with Gasteiger partial charge in [-0.3, -0.25) is 9.59 Å². The molecule has 8 nitrogen and oxygen atoms in total. The number of amides is 1. The Bertz CT molecular complexity index is 1350. The first-order valence-electron chi connectivity index (χ1n) is 11.7. The number of aliphatic hydroxyl groups excluding tert-OH is 1. The number of ether oxygens (including phenoxy) is 3. The summed E-state index contributed by atoms with van der Waals surface area (Å²) in [4.78, 5) is 28.0. The average molecular weight is 488 g/mol. The van der Waals surface area contributed by atoms with Gasteiger partial charge in [0.05, 0.1) is 18.2 Å². The third kappa shape index (κ3) is 4.22. The lowest BCUT2D eigenvalue weighted by molar-refractivity contribution is -0.140. The number of rotatable bonds is 6. The highest BCUT2D eigenvalue weighted by molar-refractivity contribution is 6.46. The zero-order chi connectivity index (χ0) is 25.2. The zero-order valence-corrected chi connectivity index (χ0v) is 19.6. The van der Waals surface area contributed by atoms with Crippen molar-refractivity contribution in [2.45, 2.75) is 19.5 Å². The van der Waals surface area contributed by atoms with E-state index >= 15 is 0 Å². The molecular formula is C28H25NO7. The predicted octanol–water partition coefficient (Wildman–Crippen LogP) is 4.18. The van der Waals surface area contributed by atoms with Crippen LogP contribution in [-0.2, 0) is 16.1 Å². The van der Waals surface area contributed by atoms with Gasteiger partial charge in [0.25, 0.3) is 11.7 Å². The molecule has 0 aliphatic carbocycles. The van der Waals surface area contributed by atoms with Crippen LogP contribution in [0.15, 0.2) is 72.3 Å². The smallest absolute Gasteiger partial charge is 0.295 e. The van der Waals surface area contributed by atoms with E-state index in [9.17, 15) is 19.8 Å². The number of phenolic OH excluding ortho intramolecular Hbond substituents is 1. The molecule has 2 aliphatic rings. The molecule has 0 saturated carbocycles. The van der Waals surface area contributed by atoms with E-state index in [2.05, 4.69) is 0 Å². The van der Waals surface area contributed by atoms with E-state index in [4.69, 9.17) is 14.2 Å². The number of aromatic hydroxyl groups is 1. The summed E-state index contributed by atoms with van der Waals surface area (Å²) in [5, 5.41) is 21.6. The Balaban J connectivity index is 1.65. The van der Waals surface area contributed by atoms with Gasteiger partial charge in [0.15, 0.2) is 23.0 Å².